The number of hydrogen-bond acceptors (Lipinski definition) is 4. The van der Waals surface area contributed by atoms with Crippen LogP contribution in [0, 0.1) is 0 Å². The molecule has 4 aromatic rings. The summed E-state index contributed by atoms with van der Waals surface area (Å²) in [4.78, 5) is 16.4. The fraction of sp³-hybridized carbons (Fsp3) is 0.190. The lowest BCUT2D eigenvalue weighted by atomic mass is 9.83. The van der Waals surface area contributed by atoms with Crippen LogP contribution in [0.1, 0.15) is 23.5 Å². The predicted molar refractivity (Wildman–Crippen MR) is 105 cm³/mol. The van der Waals surface area contributed by atoms with Crippen LogP contribution in [0.15, 0.2) is 61.3 Å². The van der Waals surface area contributed by atoms with Crippen LogP contribution in [0.5, 0.6) is 5.75 Å². The van der Waals surface area contributed by atoms with Crippen LogP contribution in [0.3, 0.4) is 0 Å². The molecule has 2 N–H and O–H groups in total. The first-order chi connectivity index (χ1) is 13.8. The van der Waals surface area contributed by atoms with Crippen molar-refractivity contribution in [1.29, 1.82) is 0 Å². The van der Waals surface area contributed by atoms with Crippen LogP contribution in [0.25, 0.3) is 10.9 Å². The standard InChI is InChI=1S/C21H19N5O2/c27-19-11-16(20-17(24-19)6-5-14-12-23-25-21(14)20)15-3-1-2-4-18(15)28-10-9-26-8-7-22-13-26/h1-8,12-13,16H,9-11H2,(H,23,25)(H,24,27). The summed E-state index contributed by atoms with van der Waals surface area (Å²) < 4.78 is 8.07. The van der Waals surface area contributed by atoms with E-state index in [4.69, 9.17) is 4.74 Å². The number of para-hydroxylation sites is 1. The van der Waals surface area contributed by atoms with Gasteiger partial charge in [0.1, 0.15) is 12.4 Å². The normalized spacial score (nSPS) is 16.0. The fourth-order valence-electron chi connectivity index (χ4n) is 3.84. The SMILES string of the molecule is O=C1CC(c2ccccc2OCCn2ccnc2)c2c(ccc3cn[nH]c23)N1. The molecule has 0 saturated heterocycles. The van der Waals surface area contributed by atoms with Gasteiger partial charge in [-0.1, -0.05) is 18.2 Å². The summed E-state index contributed by atoms with van der Waals surface area (Å²) in [7, 11) is 0. The van der Waals surface area contributed by atoms with E-state index in [1.165, 1.54) is 0 Å². The van der Waals surface area contributed by atoms with Crippen molar-refractivity contribution >= 4 is 22.5 Å². The lowest BCUT2D eigenvalue weighted by Crippen LogP contribution is -2.24. The number of rotatable bonds is 5. The van der Waals surface area contributed by atoms with Crippen LogP contribution in [-0.4, -0.2) is 32.3 Å². The topological polar surface area (TPSA) is 84.8 Å². The number of benzene rings is 2. The van der Waals surface area contributed by atoms with Crippen LogP contribution >= 0.6 is 0 Å². The van der Waals surface area contributed by atoms with E-state index in [0.717, 1.165) is 33.5 Å². The van der Waals surface area contributed by atoms with E-state index in [2.05, 4.69) is 20.5 Å². The smallest absolute Gasteiger partial charge is 0.225 e. The molecule has 1 aliphatic rings. The number of H-pyrrole nitrogens is 1. The van der Waals surface area contributed by atoms with E-state index >= 15 is 0 Å². The molecule has 0 radical (unpaired) electrons. The maximum atomic E-state index is 12.4. The van der Waals surface area contributed by atoms with E-state index in [-0.39, 0.29) is 11.8 Å². The van der Waals surface area contributed by atoms with Gasteiger partial charge in [-0.25, -0.2) is 4.98 Å². The zero-order valence-electron chi connectivity index (χ0n) is 15.1. The Morgan fingerprint density at radius 1 is 1.21 bits per heavy atom. The molecule has 0 saturated carbocycles. The third-order valence-electron chi connectivity index (χ3n) is 5.13. The molecule has 5 rings (SSSR count). The molecular weight excluding hydrogens is 354 g/mol. The van der Waals surface area contributed by atoms with E-state index in [9.17, 15) is 4.79 Å². The van der Waals surface area contributed by atoms with Gasteiger partial charge in [0.25, 0.3) is 0 Å². The largest absolute Gasteiger partial charge is 0.491 e. The zero-order chi connectivity index (χ0) is 18.9. The first-order valence-corrected chi connectivity index (χ1v) is 9.23. The minimum absolute atomic E-state index is 0.00424. The number of amides is 1. The second-order valence-electron chi connectivity index (χ2n) is 6.85. The molecule has 2 aromatic heterocycles. The Hall–Kier alpha value is -3.61. The molecule has 2 aromatic carbocycles. The number of imidazole rings is 1. The minimum Gasteiger partial charge on any atom is -0.491 e. The first kappa shape index (κ1) is 16.6. The van der Waals surface area contributed by atoms with Crippen molar-refractivity contribution in [3.63, 3.8) is 0 Å². The Labute approximate surface area is 161 Å². The molecule has 1 atom stereocenters. The van der Waals surface area contributed by atoms with Crippen molar-refractivity contribution in [2.75, 3.05) is 11.9 Å². The Bertz CT molecular complexity index is 1130. The summed E-state index contributed by atoms with van der Waals surface area (Å²) in [5.41, 5.74) is 3.84. The number of fused-ring (bicyclic) bond motifs is 3. The van der Waals surface area contributed by atoms with Crippen molar-refractivity contribution in [2.45, 2.75) is 18.9 Å². The van der Waals surface area contributed by atoms with E-state index in [1.807, 2.05) is 47.2 Å². The number of nitrogens with one attached hydrogen (secondary N) is 2. The van der Waals surface area contributed by atoms with Gasteiger partial charge in [0.2, 0.25) is 5.91 Å². The molecule has 0 aliphatic carbocycles. The third-order valence-corrected chi connectivity index (χ3v) is 5.13. The van der Waals surface area contributed by atoms with E-state index in [0.29, 0.717) is 19.6 Å². The van der Waals surface area contributed by atoms with Crippen LogP contribution in [0.4, 0.5) is 5.69 Å². The number of carbonyl (C=O) groups is 1. The number of ether oxygens (including phenoxy) is 1. The zero-order valence-corrected chi connectivity index (χ0v) is 15.1. The van der Waals surface area contributed by atoms with Crippen molar-refractivity contribution in [2.24, 2.45) is 0 Å². The fourth-order valence-corrected chi connectivity index (χ4v) is 3.84. The minimum atomic E-state index is -0.0997. The maximum Gasteiger partial charge on any atom is 0.225 e. The molecule has 140 valence electrons. The molecule has 1 amide bonds. The molecule has 1 aliphatic heterocycles. The van der Waals surface area contributed by atoms with Gasteiger partial charge in [0.05, 0.1) is 24.6 Å². The van der Waals surface area contributed by atoms with Crippen molar-refractivity contribution in [3.05, 3.63) is 72.4 Å². The van der Waals surface area contributed by atoms with Crippen molar-refractivity contribution in [3.8, 4) is 5.75 Å². The van der Waals surface area contributed by atoms with E-state index in [1.54, 1.807) is 18.7 Å². The quantitative estimate of drug-likeness (QED) is 0.562. The molecule has 0 fully saturated rings. The number of hydrogen-bond donors (Lipinski definition) is 2. The van der Waals surface area contributed by atoms with Gasteiger partial charge in [0, 0.05) is 46.9 Å². The molecular formula is C21H19N5O2. The molecule has 28 heavy (non-hydrogen) atoms. The average Bonchev–Trinajstić information content (AvgIpc) is 3.39. The number of nitrogens with zero attached hydrogens (tertiary/aromatic N) is 3. The Balaban J connectivity index is 1.51. The molecule has 3 heterocycles. The number of aromatic nitrogens is 4. The molecule has 1 unspecified atom stereocenters. The lowest BCUT2D eigenvalue weighted by Gasteiger charge is -2.27. The maximum absolute atomic E-state index is 12.4. The summed E-state index contributed by atoms with van der Waals surface area (Å²) in [5, 5.41) is 11.3. The van der Waals surface area contributed by atoms with Gasteiger partial charge >= 0.3 is 0 Å². The Morgan fingerprint density at radius 3 is 3.04 bits per heavy atom. The lowest BCUT2D eigenvalue weighted by molar-refractivity contribution is -0.116. The highest BCUT2D eigenvalue weighted by Crippen LogP contribution is 2.43. The first-order valence-electron chi connectivity index (χ1n) is 9.23. The third kappa shape index (κ3) is 2.90. The van der Waals surface area contributed by atoms with E-state index < -0.39 is 0 Å². The van der Waals surface area contributed by atoms with Gasteiger partial charge in [-0.2, -0.15) is 5.10 Å². The summed E-state index contributed by atoms with van der Waals surface area (Å²) >= 11 is 0. The molecule has 0 bridgehead atoms. The Kier molecular flexibility index (Phi) is 4.05. The average molecular weight is 373 g/mol. The Morgan fingerprint density at radius 2 is 2.14 bits per heavy atom. The predicted octanol–water partition coefficient (Wildman–Crippen LogP) is 3.31. The monoisotopic (exact) mass is 373 g/mol. The number of anilines is 1. The number of carbonyl (C=O) groups excluding carboxylic acids is 1. The van der Waals surface area contributed by atoms with Gasteiger partial charge in [0.15, 0.2) is 0 Å². The second-order valence-corrected chi connectivity index (χ2v) is 6.85. The summed E-state index contributed by atoms with van der Waals surface area (Å²) in [6, 6.07) is 11.8. The summed E-state index contributed by atoms with van der Waals surface area (Å²) in [5.74, 6) is 0.701. The van der Waals surface area contributed by atoms with Gasteiger partial charge in [-0.3, -0.25) is 9.89 Å². The second kappa shape index (κ2) is 6.84. The van der Waals surface area contributed by atoms with Gasteiger partial charge < -0.3 is 14.6 Å². The van der Waals surface area contributed by atoms with Gasteiger partial charge in [-0.15, -0.1) is 0 Å². The summed E-state index contributed by atoms with van der Waals surface area (Å²) in [6.45, 7) is 1.23. The van der Waals surface area contributed by atoms with Crippen LogP contribution in [0.2, 0.25) is 0 Å². The highest BCUT2D eigenvalue weighted by Gasteiger charge is 2.30. The highest BCUT2D eigenvalue weighted by molar-refractivity contribution is 6.00. The molecule has 0 spiro atoms. The van der Waals surface area contributed by atoms with Crippen LogP contribution in [-0.2, 0) is 11.3 Å². The van der Waals surface area contributed by atoms with Crippen molar-refractivity contribution < 1.29 is 9.53 Å². The highest BCUT2D eigenvalue weighted by atomic mass is 16.5. The van der Waals surface area contributed by atoms with Crippen molar-refractivity contribution in [1.82, 2.24) is 19.7 Å². The number of aromatic amines is 1. The molecule has 7 heteroatoms. The molecule has 7 nitrogen and oxygen atoms in total. The summed E-state index contributed by atoms with van der Waals surface area (Å²) in [6.07, 6.45) is 7.60. The van der Waals surface area contributed by atoms with Gasteiger partial charge in [-0.05, 0) is 18.2 Å². The van der Waals surface area contributed by atoms with Crippen LogP contribution < -0.4 is 10.1 Å².